The minimum Gasteiger partial charge on any atom is -0.339 e. The zero-order valence-electron chi connectivity index (χ0n) is 12.5. The largest absolute Gasteiger partial charge is 0.339 e. The van der Waals surface area contributed by atoms with Crippen LogP contribution in [-0.2, 0) is 9.59 Å². The monoisotopic (exact) mass is 294 g/mol. The van der Waals surface area contributed by atoms with E-state index in [0.717, 1.165) is 25.9 Å². The van der Waals surface area contributed by atoms with Crippen LogP contribution in [0.1, 0.15) is 26.7 Å². The lowest BCUT2D eigenvalue weighted by Gasteiger charge is -2.30. The molecule has 0 aromatic carbocycles. The number of fused-ring (bicyclic) bond motifs is 4. The third kappa shape index (κ3) is 2.50. The molecule has 21 heavy (non-hydrogen) atoms. The average Bonchev–Trinajstić information content (AvgIpc) is 2.68. The molecule has 2 atom stereocenters. The average molecular weight is 294 g/mol. The standard InChI is InChI=1S/C14H22N4O3/c1-14(2)12(20)16-13(21)18(14)8-11(19)17-6-9-3-4-10(7-17)15-5-9/h9-10,15H,3-8H2,1-2H3,(H,16,20,21)/t9-,10-/m0/s1. The van der Waals surface area contributed by atoms with Crippen LogP contribution in [0.15, 0.2) is 0 Å². The molecule has 4 saturated heterocycles. The maximum absolute atomic E-state index is 12.5. The number of carbonyl (C=O) groups excluding carboxylic acids is 3. The third-order valence-corrected chi connectivity index (χ3v) is 4.88. The van der Waals surface area contributed by atoms with Crippen LogP contribution in [0, 0.1) is 5.92 Å². The number of hydrogen-bond donors (Lipinski definition) is 2. The van der Waals surface area contributed by atoms with Crippen LogP contribution in [0.3, 0.4) is 0 Å². The van der Waals surface area contributed by atoms with Gasteiger partial charge in [-0.1, -0.05) is 0 Å². The summed E-state index contributed by atoms with van der Waals surface area (Å²) in [5, 5.41) is 5.72. The minimum absolute atomic E-state index is 0.0377. The number of hydrogen-bond acceptors (Lipinski definition) is 4. The normalized spacial score (nSPS) is 31.3. The highest BCUT2D eigenvalue weighted by atomic mass is 16.2. The summed E-state index contributed by atoms with van der Waals surface area (Å²) in [7, 11) is 0. The van der Waals surface area contributed by atoms with Crippen molar-refractivity contribution in [3.8, 4) is 0 Å². The summed E-state index contributed by atoms with van der Waals surface area (Å²) < 4.78 is 0. The SMILES string of the molecule is CC1(C)C(=O)NC(=O)N1CC(=O)N1C[C@H]2CC[C@@H](C1)NC2. The molecule has 2 N–H and O–H groups in total. The lowest BCUT2D eigenvalue weighted by molar-refractivity contribution is -0.134. The van der Waals surface area contributed by atoms with Crippen molar-refractivity contribution >= 4 is 17.8 Å². The van der Waals surface area contributed by atoms with Crippen molar-refractivity contribution in [3.05, 3.63) is 0 Å². The Bertz CT molecular complexity index is 469. The van der Waals surface area contributed by atoms with Crippen LogP contribution in [0.5, 0.6) is 0 Å². The van der Waals surface area contributed by atoms with Crippen molar-refractivity contribution in [2.75, 3.05) is 26.2 Å². The quantitative estimate of drug-likeness (QED) is 0.675. The molecule has 116 valence electrons. The number of piperidine rings is 1. The van der Waals surface area contributed by atoms with Gasteiger partial charge in [0.2, 0.25) is 5.91 Å². The highest BCUT2D eigenvalue weighted by molar-refractivity contribution is 6.07. The molecule has 4 heterocycles. The van der Waals surface area contributed by atoms with E-state index in [1.807, 2.05) is 4.90 Å². The van der Waals surface area contributed by atoms with Gasteiger partial charge in [-0.15, -0.1) is 0 Å². The van der Waals surface area contributed by atoms with E-state index >= 15 is 0 Å². The first-order valence-electron chi connectivity index (χ1n) is 7.52. The molecule has 7 nitrogen and oxygen atoms in total. The molecule has 0 radical (unpaired) electrons. The first-order chi connectivity index (χ1) is 9.88. The van der Waals surface area contributed by atoms with Crippen LogP contribution in [0.2, 0.25) is 0 Å². The van der Waals surface area contributed by atoms with Crippen LogP contribution < -0.4 is 10.6 Å². The smallest absolute Gasteiger partial charge is 0.325 e. The Balaban J connectivity index is 1.69. The van der Waals surface area contributed by atoms with Crippen LogP contribution in [0.25, 0.3) is 0 Å². The van der Waals surface area contributed by atoms with Gasteiger partial charge in [0.15, 0.2) is 0 Å². The van der Waals surface area contributed by atoms with Crippen molar-refractivity contribution in [3.63, 3.8) is 0 Å². The van der Waals surface area contributed by atoms with E-state index in [2.05, 4.69) is 10.6 Å². The van der Waals surface area contributed by atoms with E-state index in [9.17, 15) is 14.4 Å². The molecule has 4 amide bonds. The Morgan fingerprint density at radius 2 is 2.05 bits per heavy atom. The van der Waals surface area contributed by atoms with Crippen molar-refractivity contribution in [1.29, 1.82) is 0 Å². The number of urea groups is 1. The van der Waals surface area contributed by atoms with Gasteiger partial charge in [-0.05, 0) is 39.2 Å². The van der Waals surface area contributed by atoms with Gasteiger partial charge in [-0.2, -0.15) is 0 Å². The summed E-state index contributed by atoms with van der Waals surface area (Å²) in [6, 6.07) is -0.121. The zero-order chi connectivity index (χ0) is 15.2. The van der Waals surface area contributed by atoms with Crippen molar-refractivity contribution in [1.82, 2.24) is 20.4 Å². The highest BCUT2D eigenvalue weighted by Crippen LogP contribution is 2.24. The third-order valence-electron chi connectivity index (χ3n) is 4.88. The van der Waals surface area contributed by atoms with E-state index in [4.69, 9.17) is 0 Å². The van der Waals surface area contributed by atoms with Gasteiger partial charge in [-0.25, -0.2) is 4.79 Å². The fourth-order valence-corrected chi connectivity index (χ4v) is 3.34. The Hall–Kier alpha value is -1.63. The Kier molecular flexibility index (Phi) is 3.39. The van der Waals surface area contributed by atoms with Crippen molar-refractivity contribution < 1.29 is 14.4 Å². The molecule has 4 aliphatic heterocycles. The van der Waals surface area contributed by atoms with Gasteiger partial charge >= 0.3 is 6.03 Å². The lowest BCUT2D eigenvalue weighted by Crippen LogP contribution is -2.50. The Labute approximate surface area is 124 Å². The maximum Gasteiger partial charge on any atom is 0.325 e. The first-order valence-corrected chi connectivity index (χ1v) is 7.52. The summed E-state index contributed by atoms with van der Waals surface area (Å²) in [4.78, 5) is 39.3. The summed E-state index contributed by atoms with van der Waals surface area (Å²) in [6.45, 7) is 5.68. The van der Waals surface area contributed by atoms with Gasteiger partial charge in [0.05, 0.1) is 0 Å². The second-order valence-electron chi connectivity index (χ2n) is 6.75. The van der Waals surface area contributed by atoms with E-state index < -0.39 is 11.6 Å². The second-order valence-corrected chi connectivity index (χ2v) is 6.75. The molecule has 4 aliphatic rings. The van der Waals surface area contributed by atoms with E-state index in [0.29, 0.717) is 18.5 Å². The van der Waals surface area contributed by atoms with Crippen LogP contribution in [-0.4, -0.2) is 65.4 Å². The highest BCUT2D eigenvalue weighted by Gasteiger charge is 2.46. The minimum atomic E-state index is -0.962. The summed E-state index contributed by atoms with van der Waals surface area (Å²) in [6.07, 6.45) is 2.25. The number of imide groups is 1. The molecule has 4 rings (SSSR count). The first kappa shape index (κ1) is 14.3. The number of nitrogens with one attached hydrogen (secondary N) is 2. The molecule has 0 aliphatic carbocycles. The number of rotatable bonds is 2. The van der Waals surface area contributed by atoms with Gasteiger partial charge in [0.1, 0.15) is 12.1 Å². The molecule has 0 aromatic rings. The van der Waals surface area contributed by atoms with Gasteiger partial charge < -0.3 is 15.1 Å². The molecule has 2 bridgehead atoms. The van der Waals surface area contributed by atoms with Crippen LogP contribution in [0.4, 0.5) is 4.79 Å². The Morgan fingerprint density at radius 3 is 2.62 bits per heavy atom. The molecular weight excluding hydrogens is 272 g/mol. The van der Waals surface area contributed by atoms with Crippen molar-refractivity contribution in [2.24, 2.45) is 5.92 Å². The van der Waals surface area contributed by atoms with E-state index in [-0.39, 0.29) is 18.4 Å². The van der Waals surface area contributed by atoms with Crippen LogP contribution >= 0.6 is 0 Å². The topological polar surface area (TPSA) is 81.8 Å². The number of carbonyl (C=O) groups is 3. The Morgan fingerprint density at radius 1 is 1.29 bits per heavy atom. The number of amides is 4. The predicted molar refractivity (Wildman–Crippen MR) is 75.4 cm³/mol. The molecule has 7 heteroatoms. The molecular formula is C14H22N4O3. The van der Waals surface area contributed by atoms with Gasteiger partial charge in [0.25, 0.3) is 5.91 Å². The summed E-state index contributed by atoms with van der Waals surface area (Å²) >= 11 is 0. The van der Waals surface area contributed by atoms with Crippen molar-refractivity contribution in [2.45, 2.75) is 38.3 Å². The molecule has 4 fully saturated rings. The summed E-state index contributed by atoms with van der Waals surface area (Å²) in [5.41, 5.74) is -0.962. The van der Waals surface area contributed by atoms with Gasteiger partial charge in [0, 0.05) is 19.1 Å². The molecule has 0 spiro atoms. The second kappa shape index (κ2) is 4.98. The van der Waals surface area contributed by atoms with E-state index in [1.54, 1.807) is 13.8 Å². The maximum atomic E-state index is 12.5. The van der Waals surface area contributed by atoms with E-state index in [1.165, 1.54) is 4.90 Å². The van der Waals surface area contributed by atoms with Gasteiger partial charge in [-0.3, -0.25) is 14.9 Å². The lowest BCUT2D eigenvalue weighted by atomic mass is 9.97. The zero-order valence-corrected chi connectivity index (χ0v) is 12.5. The molecule has 0 saturated carbocycles. The fraction of sp³-hybridized carbons (Fsp3) is 0.786. The predicted octanol–water partition coefficient (Wildman–Crippen LogP) is -0.473. The summed E-state index contributed by atoms with van der Waals surface area (Å²) in [5.74, 6) is 0.0705. The molecule has 0 aromatic heterocycles. The fourth-order valence-electron chi connectivity index (χ4n) is 3.34. The number of nitrogens with zero attached hydrogens (tertiary/aromatic N) is 2. The molecule has 0 unspecified atom stereocenters.